The van der Waals surface area contributed by atoms with Gasteiger partial charge in [-0.1, -0.05) is 24.3 Å². The molecule has 4 rings (SSSR count). The van der Waals surface area contributed by atoms with Crippen molar-refractivity contribution in [3.05, 3.63) is 71.0 Å². The van der Waals surface area contributed by atoms with Gasteiger partial charge in [-0.15, -0.1) is 0 Å². The monoisotopic (exact) mass is 409 g/mol. The second kappa shape index (κ2) is 7.38. The average Bonchev–Trinajstić information content (AvgIpc) is 3.16. The summed E-state index contributed by atoms with van der Waals surface area (Å²) in [5.74, 6) is 0.128. The number of aliphatic hydroxyl groups excluding tert-OH is 1. The summed E-state index contributed by atoms with van der Waals surface area (Å²) < 4.78 is 51.8. The van der Waals surface area contributed by atoms with E-state index in [1.165, 1.54) is 24.3 Å². The molecule has 1 saturated heterocycles. The zero-order valence-electron chi connectivity index (χ0n) is 15.7. The number of rotatable bonds is 4. The van der Waals surface area contributed by atoms with Crippen LogP contribution in [0.5, 0.6) is 0 Å². The molecule has 1 saturated carbocycles. The predicted molar refractivity (Wildman–Crippen MR) is 99.4 cm³/mol. The Bertz CT molecular complexity index is 854. The number of β-amino-alcohol motifs (C(OH)–C–C–N with tert-alkyl or cyclic N) is 1. The molecule has 1 heterocycles. The topological polar surface area (TPSA) is 43.7 Å². The van der Waals surface area contributed by atoms with E-state index in [0.29, 0.717) is 31.5 Å². The fourth-order valence-electron chi connectivity index (χ4n) is 4.87. The van der Waals surface area contributed by atoms with Gasteiger partial charge in [-0.05, 0) is 60.1 Å². The molecule has 3 atom stereocenters. The summed E-state index contributed by atoms with van der Waals surface area (Å²) in [7, 11) is 0. The number of fused-ring (bicyclic) bond motifs is 1. The molecule has 0 aromatic heterocycles. The van der Waals surface area contributed by atoms with Crippen LogP contribution in [-0.4, -0.2) is 34.7 Å². The lowest BCUT2D eigenvalue weighted by molar-refractivity contribution is -0.137. The fourth-order valence-corrected chi connectivity index (χ4v) is 4.87. The van der Waals surface area contributed by atoms with E-state index in [1.54, 1.807) is 12.1 Å². The first kappa shape index (κ1) is 20.3. The number of nitrogens with zero attached hydrogens (tertiary/aromatic N) is 1. The van der Waals surface area contributed by atoms with Gasteiger partial charge >= 0.3 is 6.18 Å². The Morgan fingerprint density at radius 2 is 1.66 bits per heavy atom. The van der Waals surface area contributed by atoms with Crippen LogP contribution in [0.3, 0.4) is 0 Å². The molecular weight excluding hydrogens is 386 g/mol. The molecule has 1 aliphatic heterocycles. The molecular formula is C22H23F4NO2. The van der Waals surface area contributed by atoms with Crippen molar-refractivity contribution in [3.8, 4) is 0 Å². The maximum atomic E-state index is 13.2. The molecule has 0 radical (unpaired) electrons. The summed E-state index contributed by atoms with van der Waals surface area (Å²) in [5.41, 5.74) is -0.783. The van der Waals surface area contributed by atoms with E-state index in [-0.39, 0.29) is 29.8 Å². The van der Waals surface area contributed by atoms with Crippen molar-refractivity contribution in [3.63, 3.8) is 0 Å². The van der Waals surface area contributed by atoms with Crippen molar-refractivity contribution in [2.45, 2.75) is 30.7 Å². The molecule has 0 spiro atoms. The summed E-state index contributed by atoms with van der Waals surface area (Å²) in [4.78, 5) is 2.05. The van der Waals surface area contributed by atoms with E-state index in [1.807, 2.05) is 4.90 Å². The largest absolute Gasteiger partial charge is 0.416 e. The molecule has 0 amide bonds. The lowest BCUT2D eigenvalue weighted by Crippen LogP contribution is -2.31. The van der Waals surface area contributed by atoms with Crippen molar-refractivity contribution in [1.82, 2.24) is 4.90 Å². The van der Waals surface area contributed by atoms with Crippen LogP contribution >= 0.6 is 0 Å². The van der Waals surface area contributed by atoms with Crippen LogP contribution in [0.2, 0.25) is 0 Å². The van der Waals surface area contributed by atoms with Crippen molar-refractivity contribution < 1.29 is 27.8 Å². The third-order valence-electron chi connectivity index (χ3n) is 6.26. The minimum absolute atomic E-state index is 0.235. The summed E-state index contributed by atoms with van der Waals surface area (Å²) in [6, 6.07) is 10.7. The number of aliphatic hydroxyl groups is 2. The molecule has 0 bridgehead atoms. The van der Waals surface area contributed by atoms with E-state index in [9.17, 15) is 27.8 Å². The minimum atomic E-state index is -4.44. The zero-order chi connectivity index (χ0) is 20.8. The Balaban J connectivity index is 1.38. The van der Waals surface area contributed by atoms with E-state index in [0.717, 1.165) is 12.1 Å². The summed E-state index contributed by atoms with van der Waals surface area (Å²) in [5, 5.41) is 21.5. The highest BCUT2D eigenvalue weighted by atomic mass is 19.4. The summed E-state index contributed by atoms with van der Waals surface area (Å²) in [6.45, 7) is 1.59. The normalized spacial score (nSPS) is 28.5. The number of likely N-dealkylation sites (tertiary alicyclic amines) is 1. The Morgan fingerprint density at radius 3 is 2.24 bits per heavy atom. The summed E-state index contributed by atoms with van der Waals surface area (Å²) >= 11 is 0. The maximum absolute atomic E-state index is 13.2. The van der Waals surface area contributed by atoms with Crippen LogP contribution in [-0.2, 0) is 11.8 Å². The van der Waals surface area contributed by atoms with Crippen molar-refractivity contribution in [2.75, 3.05) is 19.6 Å². The quantitative estimate of drug-likeness (QED) is 0.747. The Morgan fingerprint density at radius 1 is 1.03 bits per heavy atom. The Hall–Kier alpha value is -1.96. The molecule has 156 valence electrons. The van der Waals surface area contributed by atoms with E-state index in [2.05, 4.69) is 0 Å². The van der Waals surface area contributed by atoms with Crippen LogP contribution < -0.4 is 0 Å². The first-order chi connectivity index (χ1) is 13.6. The molecule has 2 fully saturated rings. The van der Waals surface area contributed by atoms with E-state index >= 15 is 0 Å². The van der Waals surface area contributed by atoms with Gasteiger partial charge in [0.2, 0.25) is 0 Å². The fraction of sp³-hybridized carbons (Fsp3) is 0.455. The van der Waals surface area contributed by atoms with Gasteiger partial charge in [0.25, 0.3) is 0 Å². The van der Waals surface area contributed by atoms with Gasteiger partial charge in [0.15, 0.2) is 0 Å². The SMILES string of the molecule is OC(CN1CC2CC(O)(c3ccc(F)cc3)CC2C1)c1cccc(C(F)(F)F)c1. The summed E-state index contributed by atoms with van der Waals surface area (Å²) in [6.07, 6.45) is -4.34. The Kier molecular flexibility index (Phi) is 5.17. The minimum Gasteiger partial charge on any atom is -0.387 e. The molecule has 29 heavy (non-hydrogen) atoms. The van der Waals surface area contributed by atoms with Crippen LogP contribution in [0, 0.1) is 17.7 Å². The average molecular weight is 409 g/mol. The van der Waals surface area contributed by atoms with Crippen LogP contribution in [0.25, 0.3) is 0 Å². The standard InChI is InChI=1S/C22H23F4NO2/c23-19-6-4-17(5-7-19)21(29)9-15-11-27(12-16(15)10-21)13-20(28)14-2-1-3-18(8-14)22(24,25)26/h1-8,15-16,20,28-29H,9-13H2. The third kappa shape index (κ3) is 4.17. The molecule has 2 aromatic rings. The Labute approximate surface area is 166 Å². The van der Waals surface area contributed by atoms with Gasteiger partial charge in [0.1, 0.15) is 5.82 Å². The van der Waals surface area contributed by atoms with Gasteiger partial charge in [-0.3, -0.25) is 4.90 Å². The first-order valence-electron chi connectivity index (χ1n) is 9.70. The number of alkyl halides is 3. The second-order valence-electron chi connectivity index (χ2n) is 8.32. The number of hydrogen-bond acceptors (Lipinski definition) is 3. The number of halogens is 4. The van der Waals surface area contributed by atoms with E-state index < -0.39 is 23.4 Å². The van der Waals surface area contributed by atoms with Crippen molar-refractivity contribution in [2.24, 2.45) is 11.8 Å². The molecule has 2 aliphatic rings. The number of benzene rings is 2. The van der Waals surface area contributed by atoms with Gasteiger partial charge in [-0.2, -0.15) is 13.2 Å². The van der Waals surface area contributed by atoms with Crippen LogP contribution in [0.1, 0.15) is 35.6 Å². The van der Waals surface area contributed by atoms with Crippen molar-refractivity contribution in [1.29, 1.82) is 0 Å². The third-order valence-corrected chi connectivity index (χ3v) is 6.26. The van der Waals surface area contributed by atoms with Gasteiger partial charge in [-0.25, -0.2) is 4.39 Å². The van der Waals surface area contributed by atoms with Gasteiger partial charge in [0, 0.05) is 19.6 Å². The zero-order valence-corrected chi connectivity index (χ0v) is 15.7. The molecule has 3 unspecified atom stereocenters. The van der Waals surface area contributed by atoms with Gasteiger partial charge in [0.05, 0.1) is 17.3 Å². The first-order valence-corrected chi connectivity index (χ1v) is 9.70. The highest BCUT2D eigenvalue weighted by Gasteiger charge is 2.49. The number of hydrogen-bond donors (Lipinski definition) is 2. The molecule has 2 N–H and O–H groups in total. The second-order valence-corrected chi connectivity index (χ2v) is 8.32. The molecule has 1 aliphatic carbocycles. The van der Waals surface area contributed by atoms with Crippen molar-refractivity contribution >= 4 is 0 Å². The maximum Gasteiger partial charge on any atom is 0.416 e. The van der Waals surface area contributed by atoms with Gasteiger partial charge < -0.3 is 10.2 Å². The highest BCUT2D eigenvalue weighted by Crippen LogP contribution is 2.49. The highest BCUT2D eigenvalue weighted by molar-refractivity contribution is 5.28. The molecule has 7 heteroatoms. The lowest BCUT2D eigenvalue weighted by atomic mass is 9.90. The lowest BCUT2D eigenvalue weighted by Gasteiger charge is -2.27. The molecule has 3 nitrogen and oxygen atoms in total. The van der Waals surface area contributed by atoms with Crippen LogP contribution in [0.4, 0.5) is 17.6 Å². The molecule has 2 aromatic carbocycles. The smallest absolute Gasteiger partial charge is 0.387 e. The van der Waals surface area contributed by atoms with E-state index in [4.69, 9.17) is 0 Å². The van der Waals surface area contributed by atoms with Crippen LogP contribution in [0.15, 0.2) is 48.5 Å². The predicted octanol–water partition coefficient (Wildman–Crippen LogP) is 4.11.